The summed E-state index contributed by atoms with van der Waals surface area (Å²) in [5, 5.41) is 6.31. The molecule has 1 unspecified atom stereocenters. The van der Waals surface area contributed by atoms with Crippen molar-refractivity contribution < 1.29 is 13.2 Å². The van der Waals surface area contributed by atoms with Gasteiger partial charge in [0.2, 0.25) is 5.95 Å². The number of alkyl halides is 3. The van der Waals surface area contributed by atoms with E-state index in [9.17, 15) is 13.2 Å². The topological polar surface area (TPSA) is 79.1 Å². The maximum atomic E-state index is 13.2. The summed E-state index contributed by atoms with van der Waals surface area (Å²) >= 11 is 0. The summed E-state index contributed by atoms with van der Waals surface area (Å²) in [6.45, 7) is 1.77. The molecule has 2 aliphatic rings. The van der Waals surface area contributed by atoms with E-state index in [-0.39, 0.29) is 11.4 Å². The van der Waals surface area contributed by atoms with Crippen molar-refractivity contribution in [2.24, 2.45) is 0 Å². The average Bonchev–Trinajstić information content (AvgIpc) is 2.72. The van der Waals surface area contributed by atoms with Gasteiger partial charge in [-0.1, -0.05) is 0 Å². The lowest BCUT2D eigenvalue weighted by Crippen LogP contribution is -2.45. The normalized spacial score (nSPS) is 19.5. The first-order valence-corrected chi connectivity index (χ1v) is 10.4. The van der Waals surface area contributed by atoms with Crippen LogP contribution in [0.1, 0.15) is 42.5 Å². The van der Waals surface area contributed by atoms with E-state index < -0.39 is 11.7 Å². The minimum Gasteiger partial charge on any atom is -0.399 e. The number of hydrogen-bond acceptors (Lipinski definition) is 6. The standard InChI is InChI=1S/C21H27F3N6/c1-26-15-5-4-8-30(12-15)19-17-6-2-3-7-18(17)28-20(29-19)27-16-10-13(21(22,23)24)9-14(25)11-16/h9-11,15,26H,2-8,12,25H2,1H3,(H,27,28,29). The fourth-order valence-electron chi connectivity index (χ4n) is 4.31. The number of hydrogen-bond donors (Lipinski definition) is 3. The second-order valence-corrected chi connectivity index (χ2v) is 8.04. The van der Waals surface area contributed by atoms with Crippen molar-refractivity contribution in [3.8, 4) is 0 Å². The summed E-state index contributed by atoms with van der Waals surface area (Å²) in [6, 6.07) is 3.83. The summed E-state index contributed by atoms with van der Waals surface area (Å²) in [6.07, 6.45) is 1.66. The highest BCUT2D eigenvalue weighted by molar-refractivity contribution is 5.64. The number of anilines is 4. The van der Waals surface area contributed by atoms with Crippen molar-refractivity contribution in [1.29, 1.82) is 0 Å². The molecule has 1 aromatic heterocycles. The van der Waals surface area contributed by atoms with E-state index in [0.717, 1.165) is 75.3 Å². The van der Waals surface area contributed by atoms with Crippen LogP contribution in [0.5, 0.6) is 0 Å². The van der Waals surface area contributed by atoms with Crippen LogP contribution in [0.4, 0.5) is 36.3 Å². The van der Waals surface area contributed by atoms with E-state index in [4.69, 9.17) is 10.7 Å². The molecule has 1 atom stereocenters. The SMILES string of the molecule is CNC1CCCN(c2nc(Nc3cc(N)cc(C(F)(F)F)c3)nc3c2CCCC3)C1. The van der Waals surface area contributed by atoms with Crippen LogP contribution in [0.15, 0.2) is 18.2 Å². The molecule has 1 fully saturated rings. The third kappa shape index (κ3) is 4.45. The van der Waals surface area contributed by atoms with Crippen LogP contribution in [0.25, 0.3) is 0 Å². The Bertz CT molecular complexity index is 914. The first kappa shape index (κ1) is 20.7. The Hall–Kier alpha value is -2.55. The number of nitrogen functional groups attached to an aromatic ring is 1. The van der Waals surface area contributed by atoms with Crippen LogP contribution in [-0.2, 0) is 19.0 Å². The van der Waals surface area contributed by atoms with Crippen LogP contribution in [0.2, 0.25) is 0 Å². The smallest absolute Gasteiger partial charge is 0.399 e. The number of nitrogens with one attached hydrogen (secondary N) is 2. The van der Waals surface area contributed by atoms with Gasteiger partial charge in [0.15, 0.2) is 0 Å². The Balaban J connectivity index is 1.69. The lowest BCUT2D eigenvalue weighted by molar-refractivity contribution is -0.137. The summed E-state index contributed by atoms with van der Waals surface area (Å²) in [7, 11) is 1.97. The molecule has 9 heteroatoms. The van der Waals surface area contributed by atoms with Crippen molar-refractivity contribution in [1.82, 2.24) is 15.3 Å². The Morgan fingerprint density at radius 2 is 1.90 bits per heavy atom. The number of likely N-dealkylation sites (N-methyl/N-ethyl adjacent to an activating group) is 1. The van der Waals surface area contributed by atoms with E-state index in [2.05, 4.69) is 20.5 Å². The monoisotopic (exact) mass is 420 g/mol. The van der Waals surface area contributed by atoms with Gasteiger partial charge in [-0.3, -0.25) is 0 Å². The molecule has 1 aliphatic carbocycles. The number of fused-ring (bicyclic) bond motifs is 1. The lowest BCUT2D eigenvalue weighted by atomic mass is 9.95. The molecule has 4 N–H and O–H groups in total. The van der Waals surface area contributed by atoms with E-state index in [0.29, 0.717) is 12.0 Å². The van der Waals surface area contributed by atoms with Crippen LogP contribution < -0.4 is 21.3 Å². The van der Waals surface area contributed by atoms with Gasteiger partial charge in [0.05, 0.1) is 11.3 Å². The van der Waals surface area contributed by atoms with Crippen LogP contribution in [-0.4, -0.2) is 36.1 Å². The number of piperidine rings is 1. The zero-order valence-corrected chi connectivity index (χ0v) is 17.0. The number of nitrogens with two attached hydrogens (primary N) is 1. The highest BCUT2D eigenvalue weighted by atomic mass is 19.4. The zero-order chi connectivity index (χ0) is 21.3. The molecule has 0 saturated carbocycles. The maximum Gasteiger partial charge on any atom is 0.416 e. The maximum absolute atomic E-state index is 13.2. The number of halogens is 3. The Morgan fingerprint density at radius 3 is 2.67 bits per heavy atom. The van der Waals surface area contributed by atoms with E-state index in [1.54, 1.807) is 0 Å². The fourth-order valence-corrected chi connectivity index (χ4v) is 4.31. The molecule has 1 aromatic carbocycles. The molecule has 2 aromatic rings. The second kappa shape index (κ2) is 8.29. The van der Waals surface area contributed by atoms with Gasteiger partial charge in [0.1, 0.15) is 5.82 Å². The minimum absolute atomic E-state index is 0.0402. The number of aromatic nitrogens is 2. The molecule has 0 radical (unpaired) electrons. The summed E-state index contributed by atoms with van der Waals surface area (Å²) < 4.78 is 39.5. The number of benzene rings is 1. The van der Waals surface area contributed by atoms with E-state index in [1.165, 1.54) is 11.6 Å². The zero-order valence-electron chi connectivity index (χ0n) is 17.0. The van der Waals surface area contributed by atoms with Crippen LogP contribution in [0, 0.1) is 0 Å². The lowest BCUT2D eigenvalue weighted by Gasteiger charge is -2.35. The molecule has 0 amide bonds. The van der Waals surface area contributed by atoms with Gasteiger partial charge in [0, 0.05) is 36.1 Å². The molecule has 0 spiro atoms. The summed E-state index contributed by atoms with van der Waals surface area (Å²) in [4.78, 5) is 11.7. The van der Waals surface area contributed by atoms with Crippen molar-refractivity contribution in [3.05, 3.63) is 35.0 Å². The van der Waals surface area contributed by atoms with Gasteiger partial charge < -0.3 is 21.3 Å². The van der Waals surface area contributed by atoms with Gasteiger partial charge in [-0.25, -0.2) is 4.98 Å². The van der Waals surface area contributed by atoms with Crippen LogP contribution in [0.3, 0.4) is 0 Å². The highest BCUT2D eigenvalue weighted by Gasteiger charge is 2.31. The molecule has 4 rings (SSSR count). The van der Waals surface area contributed by atoms with Crippen molar-refractivity contribution in [2.45, 2.75) is 50.7 Å². The van der Waals surface area contributed by atoms with Crippen molar-refractivity contribution >= 4 is 23.1 Å². The quantitative estimate of drug-likeness (QED) is 0.652. The Kier molecular flexibility index (Phi) is 5.73. The molecule has 30 heavy (non-hydrogen) atoms. The molecule has 162 valence electrons. The third-order valence-corrected chi connectivity index (χ3v) is 5.83. The van der Waals surface area contributed by atoms with Crippen molar-refractivity contribution in [2.75, 3.05) is 36.1 Å². The number of rotatable bonds is 4. The van der Waals surface area contributed by atoms with Gasteiger partial charge in [0.25, 0.3) is 0 Å². The molecule has 2 heterocycles. The molecule has 6 nitrogen and oxygen atoms in total. The largest absolute Gasteiger partial charge is 0.416 e. The Morgan fingerprint density at radius 1 is 1.10 bits per heavy atom. The highest BCUT2D eigenvalue weighted by Crippen LogP contribution is 2.35. The average molecular weight is 420 g/mol. The number of nitrogens with zero attached hydrogens (tertiary/aromatic N) is 3. The van der Waals surface area contributed by atoms with E-state index in [1.807, 2.05) is 7.05 Å². The van der Waals surface area contributed by atoms with Crippen LogP contribution >= 0.6 is 0 Å². The minimum atomic E-state index is -4.47. The van der Waals surface area contributed by atoms with E-state index >= 15 is 0 Å². The Labute approximate surface area is 174 Å². The molecule has 1 saturated heterocycles. The van der Waals surface area contributed by atoms with Gasteiger partial charge >= 0.3 is 6.18 Å². The predicted octanol–water partition coefficient (Wildman–Crippen LogP) is 3.89. The van der Waals surface area contributed by atoms with Gasteiger partial charge in [-0.05, 0) is 63.8 Å². The summed E-state index contributed by atoms with van der Waals surface area (Å²) in [5.74, 6) is 1.22. The molecule has 1 aliphatic heterocycles. The first-order chi connectivity index (χ1) is 14.3. The molecular formula is C21H27F3N6. The molecular weight excluding hydrogens is 393 g/mol. The summed E-state index contributed by atoms with van der Waals surface area (Å²) in [5.41, 5.74) is 7.34. The number of aryl methyl sites for hydroxylation is 1. The fraction of sp³-hybridized carbons (Fsp3) is 0.524. The third-order valence-electron chi connectivity index (χ3n) is 5.83. The van der Waals surface area contributed by atoms with Crippen molar-refractivity contribution in [3.63, 3.8) is 0 Å². The molecule has 0 bridgehead atoms. The predicted molar refractivity (Wildman–Crippen MR) is 112 cm³/mol. The van der Waals surface area contributed by atoms with Gasteiger partial charge in [-0.2, -0.15) is 18.2 Å². The first-order valence-electron chi connectivity index (χ1n) is 10.4. The van der Waals surface area contributed by atoms with Gasteiger partial charge in [-0.15, -0.1) is 0 Å². The second-order valence-electron chi connectivity index (χ2n) is 8.04.